The lowest BCUT2D eigenvalue weighted by molar-refractivity contribution is 0.187. The summed E-state index contributed by atoms with van der Waals surface area (Å²) in [6.07, 6.45) is 9.50. The first-order valence-electron chi connectivity index (χ1n) is 10.6. The lowest BCUT2D eigenvalue weighted by Crippen LogP contribution is -2.44. The van der Waals surface area contributed by atoms with Crippen molar-refractivity contribution in [3.8, 4) is 0 Å². The Kier molecular flexibility index (Phi) is 4.66. The van der Waals surface area contributed by atoms with Gasteiger partial charge in [-0.25, -0.2) is 9.97 Å². The molecular weight excluding hydrogens is 372 g/mol. The molecule has 0 radical (unpaired) electrons. The van der Waals surface area contributed by atoms with Crippen LogP contribution in [0.4, 0.5) is 11.6 Å². The first kappa shape index (κ1) is 19.0. The number of anilines is 2. The predicted molar refractivity (Wildman–Crippen MR) is 119 cm³/mol. The number of nitrogens with zero attached hydrogens (tertiary/aromatic N) is 4. The van der Waals surface area contributed by atoms with Gasteiger partial charge in [-0.1, -0.05) is 24.3 Å². The van der Waals surface area contributed by atoms with E-state index in [1.165, 1.54) is 11.1 Å². The van der Waals surface area contributed by atoms with Crippen LogP contribution in [-0.4, -0.2) is 28.0 Å². The van der Waals surface area contributed by atoms with Crippen molar-refractivity contribution in [1.29, 1.82) is 0 Å². The average molecular weight is 401 g/mol. The highest BCUT2D eigenvalue weighted by Crippen LogP contribution is 2.50. The van der Waals surface area contributed by atoms with Gasteiger partial charge in [-0.15, -0.1) is 0 Å². The molecule has 6 heteroatoms. The molecular formula is C24H28N6. The zero-order valence-electron chi connectivity index (χ0n) is 17.4. The fraction of sp³-hybridized carbons (Fsp3) is 0.375. The maximum Gasteiger partial charge on any atom is 0.147 e. The summed E-state index contributed by atoms with van der Waals surface area (Å²) < 4.78 is 0. The molecule has 2 aromatic heterocycles. The van der Waals surface area contributed by atoms with Crippen molar-refractivity contribution in [2.75, 3.05) is 23.7 Å². The summed E-state index contributed by atoms with van der Waals surface area (Å²) >= 11 is 0. The van der Waals surface area contributed by atoms with Gasteiger partial charge in [0.05, 0.1) is 18.1 Å². The summed E-state index contributed by atoms with van der Waals surface area (Å²) in [6.45, 7) is 3.93. The van der Waals surface area contributed by atoms with Crippen LogP contribution in [0.5, 0.6) is 0 Å². The maximum absolute atomic E-state index is 6.70. The Balaban J connectivity index is 1.26. The Labute approximate surface area is 177 Å². The molecule has 6 nitrogen and oxygen atoms in total. The molecule has 1 aliphatic heterocycles. The molecule has 1 saturated heterocycles. The van der Waals surface area contributed by atoms with Gasteiger partial charge in [0, 0.05) is 31.7 Å². The normalized spacial score (nSPS) is 19.8. The number of fused-ring (bicyclic) bond motifs is 1. The molecule has 2 aliphatic rings. The van der Waals surface area contributed by atoms with Crippen molar-refractivity contribution in [3.63, 3.8) is 0 Å². The second kappa shape index (κ2) is 7.36. The Hall–Kier alpha value is -2.99. The van der Waals surface area contributed by atoms with E-state index in [4.69, 9.17) is 16.5 Å². The Morgan fingerprint density at radius 3 is 2.60 bits per heavy atom. The van der Waals surface area contributed by atoms with E-state index in [9.17, 15) is 0 Å². The van der Waals surface area contributed by atoms with E-state index in [2.05, 4.69) is 39.1 Å². The molecule has 0 saturated carbocycles. The summed E-state index contributed by atoms with van der Waals surface area (Å²) in [5.41, 5.74) is 18.7. The molecule has 0 amide bonds. The minimum Gasteiger partial charge on any atom is -0.383 e. The second-order valence-corrected chi connectivity index (χ2v) is 8.73. The molecule has 1 spiro atoms. The Morgan fingerprint density at radius 2 is 1.87 bits per heavy atom. The minimum absolute atomic E-state index is 0.139. The van der Waals surface area contributed by atoms with Crippen LogP contribution in [0.25, 0.3) is 0 Å². The average Bonchev–Trinajstić information content (AvgIpc) is 3.04. The molecule has 0 unspecified atom stereocenters. The Morgan fingerprint density at radius 1 is 1.07 bits per heavy atom. The summed E-state index contributed by atoms with van der Waals surface area (Å²) in [4.78, 5) is 15.8. The van der Waals surface area contributed by atoms with Crippen LogP contribution in [-0.2, 0) is 12.8 Å². The predicted octanol–water partition coefficient (Wildman–Crippen LogP) is 3.20. The van der Waals surface area contributed by atoms with Gasteiger partial charge in [-0.05, 0) is 59.9 Å². The van der Waals surface area contributed by atoms with Crippen molar-refractivity contribution in [3.05, 3.63) is 76.9 Å². The molecule has 154 valence electrons. The molecule has 4 N–H and O–H groups in total. The zero-order valence-corrected chi connectivity index (χ0v) is 17.4. The largest absolute Gasteiger partial charge is 0.383 e. The highest BCUT2D eigenvalue weighted by atomic mass is 15.2. The highest BCUT2D eigenvalue weighted by Gasteiger charge is 2.45. The SMILES string of the molecule is Cc1c(Cc2cnc(N3CCC4(CC3)Cc3ccccc3[C@@H]4N)cn2)ccnc1N. The van der Waals surface area contributed by atoms with E-state index >= 15 is 0 Å². The lowest BCUT2D eigenvalue weighted by Gasteiger charge is -2.42. The number of rotatable bonds is 3. The third kappa shape index (κ3) is 3.21. The lowest BCUT2D eigenvalue weighted by atomic mass is 9.73. The quantitative estimate of drug-likeness (QED) is 0.701. The van der Waals surface area contributed by atoms with Crippen molar-refractivity contribution < 1.29 is 0 Å². The van der Waals surface area contributed by atoms with Crippen LogP contribution in [0, 0.1) is 12.3 Å². The number of nitrogens with two attached hydrogens (primary N) is 2. The number of piperidine rings is 1. The highest BCUT2D eigenvalue weighted by molar-refractivity contribution is 5.45. The van der Waals surface area contributed by atoms with Crippen LogP contribution in [0.1, 0.15) is 46.8 Å². The van der Waals surface area contributed by atoms with Crippen molar-refractivity contribution >= 4 is 11.6 Å². The summed E-state index contributed by atoms with van der Waals surface area (Å²) in [6, 6.07) is 10.8. The molecule has 3 heterocycles. The van der Waals surface area contributed by atoms with Crippen molar-refractivity contribution in [2.24, 2.45) is 11.1 Å². The molecule has 1 fully saturated rings. The third-order valence-electron chi connectivity index (χ3n) is 7.09. The van der Waals surface area contributed by atoms with E-state index in [1.807, 2.05) is 25.4 Å². The molecule has 0 bridgehead atoms. The van der Waals surface area contributed by atoms with E-state index in [1.54, 1.807) is 6.20 Å². The molecule has 1 aliphatic carbocycles. The van der Waals surface area contributed by atoms with Gasteiger partial charge in [0.25, 0.3) is 0 Å². The fourth-order valence-electron chi connectivity index (χ4n) is 5.07. The third-order valence-corrected chi connectivity index (χ3v) is 7.09. The number of nitrogen functional groups attached to an aromatic ring is 1. The molecule has 1 aromatic carbocycles. The van der Waals surface area contributed by atoms with Gasteiger partial charge in [-0.3, -0.25) is 4.98 Å². The van der Waals surface area contributed by atoms with Gasteiger partial charge < -0.3 is 16.4 Å². The number of benzene rings is 1. The van der Waals surface area contributed by atoms with Crippen molar-refractivity contribution in [2.45, 2.75) is 38.6 Å². The van der Waals surface area contributed by atoms with E-state index < -0.39 is 0 Å². The van der Waals surface area contributed by atoms with E-state index in [0.29, 0.717) is 12.2 Å². The fourth-order valence-corrected chi connectivity index (χ4v) is 5.07. The topological polar surface area (TPSA) is 94.0 Å². The Bertz CT molecular complexity index is 1050. The summed E-state index contributed by atoms with van der Waals surface area (Å²) in [7, 11) is 0. The van der Waals surface area contributed by atoms with Crippen molar-refractivity contribution in [1.82, 2.24) is 15.0 Å². The van der Waals surface area contributed by atoms with Crippen LogP contribution < -0.4 is 16.4 Å². The standard InChI is InChI=1S/C24H28N6/c1-16-17(6-9-27-23(16)26)12-19-14-29-21(15-28-19)30-10-7-24(8-11-30)13-18-4-2-3-5-20(18)22(24)25/h2-6,9,14-15,22H,7-8,10-13,25H2,1H3,(H2,26,27)/t22-/m0/s1. The molecule has 5 rings (SSSR count). The van der Waals surface area contributed by atoms with Crippen LogP contribution in [0.2, 0.25) is 0 Å². The number of pyridine rings is 1. The first-order chi connectivity index (χ1) is 14.6. The second-order valence-electron chi connectivity index (χ2n) is 8.73. The van der Waals surface area contributed by atoms with E-state index in [0.717, 1.165) is 55.0 Å². The number of hydrogen-bond donors (Lipinski definition) is 2. The van der Waals surface area contributed by atoms with Crippen LogP contribution in [0.3, 0.4) is 0 Å². The number of hydrogen-bond acceptors (Lipinski definition) is 6. The summed E-state index contributed by atoms with van der Waals surface area (Å²) in [5.74, 6) is 1.52. The minimum atomic E-state index is 0.139. The smallest absolute Gasteiger partial charge is 0.147 e. The monoisotopic (exact) mass is 400 g/mol. The molecule has 1 atom stereocenters. The zero-order chi connectivity index (χ0) is 20.7. The van der Waals surface area contributed by atoms with E-state index in [-0.39, 0.29) is 11.5 Å². The first-order valence-corrected chi connectivity index (χ1v) is 10.6. The molecule has 3 aromatic rings. The van der Waals surface area contributed by atoms with Gasteiger partial charge in [0.1, 0.15) is 11.6 Å². The molecule has 30 heavy (non-hydrogen) atoms. The van der Waals surface area contributed by atoms with Gasteiger partial charge in [0.15, 0.2) is 0 Å². The van der Waals surface area contributed by atoms with Crippen LogP contribution >= 0.6 is 0 Å². The van der Waals surface area contributed by atoms with Crippen LogP contribution in [0.15, 0.2) is 48.9 Å². The number of aromatic nitrogens is 3. The van der Waals surface area contributed by atoms with Gasteiger partial charge in [-0.2, -0.15) is 0 Å². The van der Waals surface area contributed by atoms with Gasteiger partial charge >= 0.3 is 0 Å². The van der Waals surface area contributed by atoms with Gasteiger partial charge in [0.2, 0.25) is 0 Å². The summed E-state index contributed by atoms with van der Waals surface area (Å²) in [5, 5.41) is 0. The maximum atomic E-state index is 6.70.